The molecule has 2 aromatic rings. The molecule has 0 spiro atoms. The molecule has 0 amide bonds. The molecule has 0 bridgehead atoms. The molecular weight excluding hydrogens is 268 g/mol. The van der Waals surface area contributed by atoms with Crippen LogP contribution in [0.25, 0.3) is 11.1 Å². The summed E-state index contributed by atoms with van der Waals surface area (Å²) in [6.45, 7) is 4.83. The summed E-state index contributed by atoms with van der Waals surface area (Å²) in [5.41, 5.74) is 3.19. The Labute approximate surface area is 122 Å². The van der Waals surface area contributed by atoms with Gasteiger partial charge in [-0.2, -0.15) is 0 Å². The minimum Gasteiger partial charge on any atom is -0.148 e. The zero-order valence-corrected chi connectivity index (χ0v) is 12.7. The van der Waals surface area contributed by atoms with E-state index in [9.17, 15) is 0 Å². The lowest BCUT2D eigenvalue weighted by Gasteiger charge is -2.36. The molecule has 0 saturated carbocycles. The van der Waals surface area contributed by atoms with E-state index >= 15 is 0 Å². The maximum Gasteiger partial charge on any atom is 0.0350 e. The lowest BCUT2D eigenvalue weighted by Crippen LogP contribution is -2.27. The molecular formula is C17H16S2. The van der Waals surface area contributed by atoms with E-state index in [1.54, 1.807) is 9.75 Å². The predicted octanol–water partition coefficient (Wildman–Crippen LogP) is 5.69. The zero-order chi connectivity index (χ0) is 13.0. The Kier molecular flexibility index (Phi) is 2.42. The minimum atomic E-state index is 0.235. The highest BCUT2D eigenvalue weighted by atomic mass is 32.1. The van der Waals surface area contributed by atoms with Gasteiger partial charge in [0.2, 0.25) is 0 Å². The van der Waals surface area contributed by atoms with E-state index in [-0.39, 0.29) is 5.41 Å². The van der Waals surface area contributed by atoms with Crippen molar-refractivity contribution in [3.63, 3.8) is 0 Å². The van der Waals surface area contributed by atoms with Crippen LogP contribution in [0.15, 0.2) is 47.2 Å². The Morgan fingerprint density at radius 1 is 0.895 bits per heavy atom. The van der Waals surface area contributed by atoms with Gasteiger partial charge in [-0.05, 0) is 39.4 Å². The standard InChI is InChI=1S/C17H16S2/c1-17(2,11-5-3-4-6-11)14-15-12(7-9-18-15)13-8-10-19-16(13)14/h3-11,14H,1-2H3. The van der Waals surface area contributed by atoms with Crippen LogP contribution in [0.2, 0.25) is 0 Å². The number of rotatable bonds is 2. The molecule has 0 unspecified atom stereocenters. The molecule has 0 nitrogen and oxygen atoms in total. The highest BCUT2D eigenvalue weighted by Crippen LogP contribution is 2.59. The van der Waals surface area contributed by atoms with Crippen molar-refractivity contribution in [3.05, 3.63) is 57.0 Å². The van der Waals surface area contributed by atoms with Crippen LogP contribution in [0.3, 0.4) is 0 Å². The second kappa shape index (κ2) is 3.94. The third-order valence-corrected chi connectivity index (χ3v) is 6.52. The molecule has 0 saturated heterocycles. The fourth-order valence-corrected chi connectivity index (χ4v) is 5.95. The maximum atomic E-state index is 2.42. The van der Waals surface area contributed by atoms with Crippen molar-refractivity contribution < 1.29 is 0 Å². The van der Waals surface area contributed by atoms with Gasteiger partial charge < -0.3 is 0 Å². The van der Waals surface area contributed by atoms with Gasteiger partial charge in [-0.3, -0.25) is 0 Å². The van der Waals surface area contributed by atoms with Gasteiger partial charge in [-0.1, -0.05) is 38.2 Å². The first-order chi connectivity index (χ1) is 9.19. The smallest absolute Gasteiger partial charge is 0.0350 e. The first kappa shape index (κ1) is 11.7. The van der Waals surface area contributed by atoms with Crippen LogP contribution in [-0.4, -0.2) is 0 Å². The van der Waals surface area contributed by atoms with Crippen molar-refractivity contribution in [3.8, 4) is 11.1 Å². The SMILES string of the molecule is CC(C)(C1C=CC=C1)C1c2sccc2-c2ccsc21. The van der Waals surface area contributed by atoms with Crippen LogP contribution >= 0.6 is 22.7 Å². The third-order valence-electron chi connectivity index (χ3n) is 4.56. The molecule has 19 heavy (non-hydrogen) atoms. The monoisotopic (exact) mass is 284 g/mol. The highest BCUT2D eigenvalue weighted by molar-refractivity contribution is 7.13. The summed E-state index contributed by atoms with van der Waals surface area (Å²) in [5, 5.41) is 4.49. The second-order valence-corrected chi connectivity index (χ2v) is 7.84. The van der Waals surface area contributed by atoms with Crippen LogP contribution in [0, 0.1) is 11.3 Å². The van der Waals surface area contributed by atoms with Crippen molar-refractivity contribution in [2.75, 3.05) is 0 Å². The Hall–Kier alpha value is -1.12. The first-order valence-corrected chi connectivity index (χ1v) is 8.45. The maximum absolute atomic E-state index is 2.42. The van der Waals surface area contributed by atoms with Crippen molar-refractivity contribution in [2.45, 2.75) is 19.8 Å². The summed E-state index contributed by atoms with van der Waals surface area (Å²) < 4.78 is 0. The number of hydrogen-bond acceptors (Lipinski definition) is 2. The van der Waals surface area contributed by atoms with Gasteiger partial charge in [-0.15, -0.1) is 22.7 Å². The highest BCUT2D eigenvalue weighted by Gasteiger charge is 2.44. The van der Waals surface area contributed by atoms with Gasteiger partial charge >= 0.3 is 0 Å². The van der Waals surface area contributed by atoms with E-state index in [2.05, 4.69) is 61.0 Å². The van der Waals surface area contributed by atoms with Crippen molar-refractivity contribution in [1.29, 1.82) is 0 Å². The van der Waals surface area contributed by atoms with E-state index < -0.39 is 0 Å². The van der Waals surface area contributed by atoms with Crippen LogP contribution < -0.4 is 0 Å². The molecule has 0 aliphatic heterocycles. The molecule has 0 radical (unpaired) electrons. The molecule has 2 aliphatic carbocycles. The zero-order valence-electron chi connectivity index (χ0n) is 11.1. The second-order valence-electron chi connectivity index (χ2n) is 5.95. The molecule has 2 heteroatoms. The van der Waals surface area contributed by atoms with E-state index in [1.807, 2.05) is 22.7 Å². The predicted molar refractivity (Wildman–Crippen MR) is 85.0 cm³/mol. The van der Waals surface area contributed by atoms with E-state index in [0.717, 1.165) is 0 Å². The topological polar surface area (TPSA) is 0 Å². The summed E-state index contributed by atoms with van der Waals surface area (Å²) in [5.74, 6) is 1.09. The van der Waals surface area contributed by atoms with Gasteiger partial charge in [0.1, 0.15) is 0 Å². The average molecular weight is 284 g/mol. The summed E-state index contributed by atoms with van der Waals surface area (Å²) in [7, 11) is 0. The van der Waals surface area contributed by atoms with Crippen molar-refractivity contribution in [1.82, 2.24) is 0 Å². The average Bonchev–Trinajstić information content (AvgIpc) is 3.12. The molecule has 0 aromatic carbocycles. The Morgan fingerprint density at radius 3 is 1.95 bits per heavy atom. The van der Waals surface area contributed by atoms with Gasteiger partial charge in [0.25, 0.3) is 0 Å². The summed E-state index contributed by atoms with van der Waals surface area (Å²) >= 11 is 3.85. The van der Waals surface area contributed by atoms with Crippen molar-refractivity contribution >= 4 is 22.7 Å². The van der Waals surface area contributed by atoms with E-state index in [1.165, 1.54) is 11.1 Å². The van der Waals surface area contributed by atoms with Crippen LogP contribution in [0.4, 0.5) is 0 Å². The number of hydrogen-bond donors (Lipinski definition) is 0. The van der Waals surface area contributed by atoms with Gasteiger partial charge in [0.15, 0.2) is 0 Å². The fourth-order valence-electron chi connectivity index (χ4n) is 3.45. The quantitative estimate of drug-likeness (QED) is 0.664. The lowest BCUT2D eigenvalue weighted by atomic mass is 9.69. The molecule has 0 N–H and O–H groups in total. The van der Waals surface area contributed by atoms with Crippen LogP contribution in [0.5, 0.6) is 0 Å². The molecule has 2 heterocycles. The van der Waals surface area contributed by atoms with Crippen LogP contribution in [-0.2, 0) is 0 Å². The Balaban J connectivity index is 1.88. The summed E-state index contributed by atoms with van der Waals surface area (Å²) in [4.78, 5) is 3.14. The minimum absolute atomic E-state index is 0.235. The molecule has 0 atom stereocenters. The van der Waals surface area contributed by atoms with Gasteiger partial charge in [-0.25, -0.2) is 0 Å². The molecule has 2 aliphatic rings. The summed E-state index contributed by atoms with van der Waals surface area (Å²) in [6.07, 6.45) is 9.07. The largest absolute Gasteiger partial charge is 0.148 e. The normalized spacial score (nSPS) is 18.2. The first-order valence-electron chi connectivity index (χ1n) is 6.70. The molecule has 96 valence electrons. The van der Waals surface area contributed by atoms with Crippen molar-refractivity contribution in [2.24, 2.45) is 11.3 Å². The Bertz CT molecular complexity index is 629. The van der Waals surface area contributed by atoms with E-state index in [4.69, 9.17) is 0 Å². The molecule has 2 aromatic heterocycles. The Morgan fingerprint density at radius 2 is 1.42 bits per heavy atom. The number of thiophene rings is 2. The molecule has 4 rings (SSSR count). The third kappa shape index (κ3) is 1.50. The van der Waals surface area contributed by atoms with Gasteiger partial charge in [0.05, 0.1) is 0 Å². The summed E-state index contributed by atoms with van der Waals surface area (Å²) in [6, 6.07) is 4.59. The fraction of sp³-hybridized carbons (Fsp3) is 0.294. The van der Waals surface area contributed by atoms with Gasteiger partial charge in [0, 0.05) is 21.6 Å². The lowest BCUT2D eigenvalue weighted by molar-refractivity contribution is 0.272. The van der Waals surface area contributed by atoms with E-state index in [0.29, 0.717) is 11.8 Å². The number of fused-ring (bicyclic) bond motifs is 3. The molecule has 0 fully saturated rings. The van der Waals surface area contributed by atoms with Crippen LogP contribution in [0.1, 0.15) is 29.5 Å². The number of allylic oxidation sites excluding steroid dienone is 4.